The zero-order chi connectivity index (χ0) is 10.1. The highest BCUT2D eigenvalue weighted by molar-refractivity contribution is 6.31. The molecule has 1 heterocycles. The average Bonchev–Trinajstić information content (AvgIpc) is 2.16. The normalized spacial score (nSPS) is 10.5. The molecule has 0 spiro atoms. The molecule has 3 heteroatoms. The number of benzene rings is 1. The summed E-state index contributed by atoms with van der Waals surface area (Å²) in [5.74, 6) is 0.872. The summed E-state index contributed by atoms with van der Waals surface area (Å²) in [6, 6.07) is 7.79. The summed E-state index contributed by atoms with van der Waals surface area (Å²) in [4.78, 5) is 4.42. The first-order valence-electron chi connectivity index (χ1n) is 4.45. The Balaban J connectivity index is 2.77. The average molecular weight is 207 g/mol. The van der Waals surface area contributed by atoms with Gasteiger partial charge in [0.25, 0.3) is 0 Å². The Morgan fingerprint density at radius 3 is 2.79 bits per heavy atom. The number of halogens is 1. The summed E-state index contributed by atoms with van der Waals surface area (Å²) >= 11 is 5.91. The van der Waals surface area contributed by atoms with Crippen molar-refractivity contribution in [1.82, 2.24) is 4.98 Å². The lowest BCUT2D eigenvalue weighted by molar-refractivity contribution is 1.32. The molecule has 0 fully saturated rings. The fraction of sp³-hybridized carbons (Fsp3) is 0.182. The largest absolute Gasteiger partial charge is 0.373 e. The van der Waals surface area contributed by atoms with Crippen LogP contribution in [-0.2, 0) is 0 Å². The van der Waals surface area contributed by atoms with E-state index in [0.29, 0.717) is 0 Å². The zero-order valence-corrected chi connectivity index (χ0v) is 8.89. The topological polar surface area (TPSA) is 24.9 Å². The Kier molecular flexibility index (Phi) is 2.30. The smallest absolute Gasteiger partial charge is 0.126 e. The van der Waals surface area contributed by atoms with Gasteiger partial charge in [-0.05, 0) is 30.7 Å². The van der Waals surface area contributed by atoms with Crippen molar-refractivity contribution in [2.45, 2.75) is 6.92 Å². The first-order chi connectivity index (χ1) is 6.70. The molecule has 0 aliphatic carbocycles. The maximum absolute atomic E-state index is 5.91. The molecule has 0 atom stereocenters. The number of nitrogens with one attached hydrogen (secondary N) is 1. The number of rotatable bonds is 1. The van der Waals surface area contributed by atoms with Crippen LogP contribution in [0.25, 0.3) is 10.9 Å². The predicted octanol–water partition coefficient (Wildman–Crippen LogP) is 3.24. The van der Waals surface area contributed by atoms with Gasteiger partial charge in [0.1, 0.15) is 5.82 Å². The number of anilines is 1. The van der Waals surface area contributed by atoms with Crippen LogP contribution in [0, 0.1) is 6.92 Å². The van der Waals surface area contributed by atoms with Gasteiger partial charge in [0.15, 0.2) is 0 Å². The molecule has 2 aromatic rings. The molecule has 0 aliphatic heterocycles. The molecule has 72 valence electrons. The molecule has 1 N–H and O–H groups in total. The van der Waals surface area contributed by atoms with Crippen molar-refractivity contribution >= 4 is 28.3 Å². The lowest BCUT2D eigenvalue weighted by Gasteiger charge is -2.05. The van der Waals surface area contributed by atoms with Gasteiger partial charge in [-0.3, -0.25) is 0 Å². The highest BCUT2D eigenvalue weighted by Crippen LogP contribution is 2.22. The zero-order valence-electron chi connectivity index (χ0n) is 8.13. The summed E-state index contributed by atoms with van der Waals surface area (Å²) in [5, 5.41) is 4.89. The molecular formula is C11H11ClN2. The number of hydrogen-bond acceptors (Lipinski definition) is 2. The van der Waals surface area contributed by atoms with E-state index in [4.69, 9.17) is 11.6 Å². The summed E-state index contributed by atoms with van der Waals surface area (Å²) in [6.45, 7) is 2.07. The van der Waals surface area contributed by atoms with Gasteiger partial charge in [0, 0.05) is 17.5 Å². The molecule has 0 aliphatic rings. The van der Waals surface area contributed by atoms with Crippen LogP contribution in [0.3, 0.4) is 0 Å². The molecule has 1 aromatic carbocycles. The van der Waals surface area contributed by atoms with Crippen molar-refractivity contribution in [1.29, 1.82) is 0 Å². The van der Waals surface area contributed by atoms with Gasteiger partial charge in [-0.25, -0.2) is 4.98 Å². The van der Waals surface area contributed by atoms with Gasteiger partial charge in [-0.1, -0.05) is 17.7 Å². The van der Waals surface area contributed by atoms with Crippen molar-refractivity contribution in [2.24, 2.45) is 0 Å². The highest BCUT2D eigenvalue weighted by atomic mass is 35.5. The van der Waals surface area contributed by atoms with Crippen LogP contribution in [0.5, 0.6) is 0 Å². The van der Waals surface area contributed by atoms with E-state index in [1.165, 1.54) is 5.56 Å². The van der Waals surface area contributed by atoms with Crippen molar-refractivity contribution in [3.8, 4) is 0 Å². The Hall–Kier alpha value is -1.28. The predicted molar refractivity (Wildman–Crippen MR) is 61.0 cm³/mol. The summed E-state index contributed by atoms with van der Waals surface area (Å²) in [7, 11) is 1.86. The van der Waals surface area contributed by atoms with Gasteiger partial charge in [0.2, 0.25) is 0 Å². The second kappa shape index (κ2) is 3.46. The molecule has 0 radical (unpaired) electrons. The molecule has 1 aromatic heterocycles. The number of fused-ring (bicyclic) bond motifs is 1. The van der Waals surface area contributed by atoms with E-state index in [0.717, 1.165) is 21.7 Å². The van der Waals surface area contributed by atoms with Gasteiger partial charge in [0.05, 0.1) is 5.52 Å². The number of hydrogen-bond donors (Lipinski definition) is 1. The second-order valence-electron chi connectivity index (χ2n) is 3.24. The minimum atomic E-state index is 0.720. The molecular weight excluding hydrogens is 196 g/mol. The van der Waals surface area contributed by atoms with Gasteiger partial charge < -0.3 is 5.32 Å². The van der Waals surface area contributed by atoms with E-state index in [1.807, 2.05) is 31.3 Å². The molecule has 2 rings (SSSR count). The summed E-state index contributed by atoms with van der Waals surface area (Å²) < 4.78 is 0. The Morgan fingerprint density at radius 2 is 2.07 bits per heavy atom. The number of nitrogens with zero attached hydrogens (tertiary/aromatic N) is 1. The van der Waals surface area contributed by atoms with Crippen molar-refractivity contribution < 1.29 is 0 Å². The highest BCUT2D eigenvalue weighted by Gasteiger charge is 2.01. The molecule has 0 unspecified atom stereocenters. The molecule has 0 saturated heterocycles. The van der Waals surface area contributed by atoms with E-state index >= 15 is 0 Å². The van der Waals surface area contributed by atoms with Crippen molar-refractivity contribution in [3.05, 3.63) is 34.9 Å². The third-order valence-electron chi connectivity index (χ3n) is 2.23. The van der Waals surface area contributed by atoms with Crippen molar-refractivity contribution in [2.75, 3.05) is 12.4 Å². The van der Waals surface area contributed by atoms with Gasteiger partial charge >= 0.3 is 0 Å². The first-order valence-corrected chi connectivity index (χ1v) is 4.83. The lowest BCUT2D eigenvalue weighted by Crippen LogP contribution is -1.93. The van der Waals surface area contributed by atoms with Crippen LogP contribution in [0.1, 0.15) is 5.56 Å². The van der Waals surface area contributed by atoms with Crippen LogP contribution in [0.15, 0.2) is 24.3 Å². The maximum Gasteiger partial charge on any atom is 0.126 e. The first kappa shape index (κ1) is 9.28. The van der Waals surface area contributed by atoms with Gasteiger partial charge in [-0.15, -0.1) is 0 Å². The third kappa shape index (κ3) is 1.53. The minimum Gasteiger partial charge on any atom is -0.373 e. The summed E-state index contributed by atoms with van der Waals surface area (Å²) in [6.07, 6.45) is 0. The fourth-order valence-corrected chi connectivity index (χ4v) is 1.67. The third-order valence-corrected chi connectivity index (χ3v) is 2.47. The second-order valence-corrected chi connectivity index (χ2v) is 3.67. The van der Waals surface area contributed by atoms with E-state index in [1.54, 1.807) is 0 Å². The number of aromatic nitrogens is 1. The standard InChI is InChI=1S/C11H11ClN2/c1-7-5-11(13-2)14-10-6-8(12)3-4-9(7)10/h3-6H,1-2H3,(H,13,14). The van der Waals surface area contributed by atoms with Crippen LogP contribution < -0.4 is 5.32 Å². The molecule has 14 heavy (non-hydrogen) atoms. The van der Waals surface area contributed by atoms with E-state index in [-0.39, 0.29) is 0 Å². The number of pyridine rings is 1. The van der Waals surface area contributed by atoms with Crippen LogP contribution in [0.2, 0.25) is 5.02 Å². The fourth-order valence-electron chi connectivity index (χ4n) is 1.50. The van der Waals surface area contributed by atoms with E-state index in [2.05, 4.69) is 17.2 Å². The Labute approximate surface area is 87.9 Å². The monoisotopic (exact) mass is 206 g/mol. The molecule has 2 nitrogen and oxygen atoms in total. The Bertz CT molecular complexity index is 480. The molecule has 0 saturated carbocycles. The Morgan fingerprint density at radius 1 is 1.29 bits per heavy atom. The van der Waals surface area contributed by atoms with Crippen LogP contribution in [0.4, 0.5) is 5.82 Å². The number of aryl methyl sites for hydroxylation is 1. The van der Waals surface area contributed by atoms with E-state index in [9.17, 15) is 0 Å². The van der Waals surface area contributed by atoms with Crippen LogP contribution in [-0.4, -0.2) is 12.0 Å². The molecule has 0 amide bonds. The van der Waals surface area contributed by atoms with Crippen LogP contribution >= 0.6 is 11.6 Å². The minimum absolute atomic E-state index is 0.720. The SMILES string of the molecule is CNc1cc(C)c2ccc(Cl)cc2n1. The lowest BCUT2D eigenvalue weighted by atomic mass is 10.1. The van der Waals surface area contributed by atoms with Crippen molar-refractivity contribution in [3.63, 3.8) is 0 Å². The molecule has 0 bridgehead atoms. The summed E-state index contributed by atoms with van der Waals surface area (Å²) in [5.41, 5.74) is 2.14. The quantitative estimate of drug-likeness (QED) is 0.775. The van der Waals surface area contributed by atoms with E-state index < -0.39 is 0 Å². The van der Waals surface area contributed by atoms with Gasteiger partial charge in [-0.2, -0.15) is 0 Å². The maximum atomic E-state index is 5.91.